The van der Waals surface area contributed by atoms with E-state index in [4.69, 9.17) is 5.11 Å². The van der Waals surface area contributed by atoms with Gasteiger partial charge in [0.15, 0.2) is 0 Å². The van der Waals surface area contributed by atoms with Crippen LogP contribution in [-0.2, 0) is 11.3 Å². The molecule has 0 amide bonds. The third-order valence-electron chi connectivity index (χ3n) is 3.69. The Morgan fingerprint density at radius 1 is 1.53 bits per heavy atom. The molecule has 0 aliphatic heterocycles. The molecule has 0 bridgehead atoms. The van der Waals surface area contributed by atoms with E-state index in [0.29, 0.717) is 11.7 Å². The maximum Gasteiger partial charge on any atom is 0.313 e. The Kier molecular flexibility index (Phi) is 3.82. The smallest absolute Gasteiger partial charge is 0.313 e. The van der Waals surface area contributed by atoms with Gasteiger partial charge in [0.1, 0.15) is 11.7 Å². The number of hydrogen-bond acceptors (Lipinski definition) is 2. The SMILES string of the molecule is CC(C(=O)O)c1nccn1CC1CCCCC1. The van der Waals surface area contributed by atoms with Crippen LogP contribution < -0.4 is 0 Å². The second-order valence-electron chi connectivity index (χ2n) is 5.00. The molecule has 0 radical (unpaired) electrons. The Labute approximate surface area is 102 Å². The highest BCUT2D eigenvalue weighted by atomic mass is 16.4. The van der Waals surface area contributed by atoms with Gasteiger partial charge in [0.25, 0.3) is 0 Å². The van der Waals surface area contributed by atoms with Gasteiger partial charge in [-0.1, -0.05) is 19.3 Å². The molecule has 4 heteroatoms. The largest absolute Gasteiger partial charge is 0.481 e. The fourth-order valence-corrected chi connectivity index (χ4v) is 2.61. The third kappa shape index (κ3) is 2.87. The van der Waals surface area contributed by atoms with Crippen molar-refractivity contribution in [3.63, 3.8) is 0 Å². The van der Waals surface area contributed by atoms with Crippen molar-refractivity contribution in [1.29, 1.82) is 0 Å². The van der Waals surface area contributed by atoms with Gasteiger partial charge < -0.3 is 9.67 Å². The molecule has 0 saturated heterocycles. The standard InChI is InChI=1S/C13H20N2O2/c1-10(13(16)17)12-14-7-8-15(12)9-11-5-3-2-4-6-11/h7-8,10-11H,2-6,9H2,1H3,(H,16,17). The molecular weight excluding hydrogens is 216 g/mol. The van der Waals surface area contributed by atoms with E-state index in [1.165, 1.54) is 32.1 Å². The van der Waals surface area contributed by atoms with E-state index in [9.17, 15) is 4.79 Å². The number of aliphatic carboxylic acids is 1. The second-order valence-corrected chi connectivity index (χ2v) is 5.00. The minimum Gasteiger partial charge on any atom is -0.481 e. The van der Waals surface area contributed by atoms with Crippen molar-refractivity contribution in [1.82, 2.24) is 9.55 Å². The van der Waals surface area contributed by atoms with Crippen molar-refractivity contribution in [3.8, 4) is 0 Å². The van der Waals surface area contributed by atoms with Crippen LogP contribution in [0.3, 0.4) is 0 Å². The summed E-state index contributed by atoms with van der Waals surface area (Å²) in [6.07, 6.45) is 10.1. The lowest BCUT2D eigenvalue weighted by atomic mass is 9.89. The molecule has 1 N–H and O–H groups in total. The van der Waals surface area contributed by atoms with Gasteiger partial charge in [0.05, 0.1) is 0 Å². The highest BCUT2D eigenvalue weighted by Gasteiger charge is 2.21. The van der Waals surface area contributed by atoms with Crippen LogP contribution in [0.2, 0.25) is 0 Å². The first kappa shape index (κ1) is 12.1. The van der Waals surface area contributed by atoms with Gasteiger partial charge in [-0.2, -0.15) is 0 Å². The number of hydrogen-bond donors (Lipinski definition) is 1. The number of carboxylic acids is 1. The van der Waals surface area contributed by atoms with Crippen LogP contribution in [0.25, 0.3) is 0 Å². The molecule has 1 aliphatic carbocycles. The number of nitrogens with zero attached hydrogens (tertiary/aromatic N) is 2. The quantitative estimate of drug-likeness (QED) is 0.874. The van der Waals surface area contributed by atoms with Gasteiger partial charge >= 0.3 is 5.97 Å². The Morgan fingerprint density at radius 3 is 2.88 bits per heavy atom. The molecule has 2 rings (SSSR count). The number of rotatable bonds is 4. The molecule has 1 atom stereocenters. The van der Waals surface area contributed by atoms with Crippen LogP contribution in [0.15, 0.2) is 12.4 Å². The Hall–Kier alpha value is -1.32. The molecule has 17 heavy (non-hydrogen) atoms. The number of aromatic nitrogens is 2. The fourth-order valence-electron chi connectivity index (χ4n) is 2.61. The maximum absolute atomic E-state index is 11.0. The summed E-state index contributed by atoms with van der Waals surface area (Å²) < 4.78 is 2.02. The molecule has 1 aromatic rings. The Bertz CT molecular complexity index is 381. The molecule has 0 aromatic carbocycles. The van der Waals surface area contributed by atoms with Crippen LogP contribution in [0.1, 0.15) is 50.8 Å². The minimum atomic E-state index is -0.805. The molecule has 1 aliphatic rings. The minimum absolute atomic E-state index is 0.520. The third-order valence-corrected chi connectivity index (χ3v) is 3.69. The predicted octanol–water partition coefficient (Wildman–Crippen LogP) is 2.65. The van der Waals surface area contributed by atoms with E-state index in [1.54, 1.807) is 13.1 Å². The van der Waals surface area contributed by atoms with Crippen molar-refractivity contribution >= 4 is 5.97 Å². The summed E-state index contributed by atoms with van der Waals surface area (Å²) in [5.74, 6) is 0.0513. The number of carboxylic acid groups (broad SMARTS) is 1. The van der Waals surface area contributed by atoms with Gasteiger partial charge in [0.2, 0.25) is 0 Å². The zero-order valence-electron chi connectivity index (χ0n) is 10.3. The van der Waals surface area contributed by atoms with Crippen molar-refractivity contribution in [2.75, 3.05) is 0 Å². The summed E-state index contributed by atoms with van der Waals surface area (Å²) in [6.45, 7) is 2.62. The van der Waals surface area contributed by atoms with Crippen LogP contribution in [-0.4, -0.2) is 20.6 Å². The summed E-state index contributed by atoms with van der Waals surface area (Å²) in [5, 5.41) is 9.03. The normalized spacial score (nSPS) is 19.1. The summed E-state index contributed by atoms with van der Waals surface area (Å²) >= 11 is 0. The molecule has 1 aromatic heterocycles. The molecule has 0 spiro atoms. The van der Waals surface area contributed by atoms with Gasteiger partial charge in [-0.3, -0.25) is 4.79 Å². The number of carbonyl (C=O) groups is 1. The first-order valence-electron chi connectivity index (χ1n) is 6.42. The summed E-state index contributed by atoms with van der Waals surface area (Å²) in [7, 11) is 0. The van der Waals surface area contributed by atoms with Gasteiger partial charge in [0, 0.05) is 18.9 Å². The zero-order chi connectivity index (χ0) is 12.3. The predicted molar refractivity (Wildman–Crippen MR) is 64.9 cm³/mol. The molecule has 1 saturated carbocycles. The van der Waals surface area contributed by atoms with Crippen LogP contribution in [0.4, 0.5) is 0 Å². The van der Waals surface area contributed by atoms with Crippen LogP contribution in [0, 0.1) is 5.92 Å². The first-order valence-corrected chi connectivity index (χ1v) is 6.42. The van der Waals surface area contributed by atoms with Gasteiger partial charge in [-0.05, 0) is 25.7 Å². The molecule has 1 fully saturated rings. The van der Waals surface area contributed by atoms with E-state index in [1.807, 2.05) is 10.8 Å². The van der Waals surface area contributed by atoms with E-state index < -0.39 is 11.9 Å². The topological polar surface area (TPSA) is 55.1 Å². The summed E-state index contributed by atoms with van der Waals surface area (Å²) in [6, 6.07) is 0. The number of imidazole rings is 1. The molecule has 94 valence electrons. The molecule has 1 unspecified atom stereocenters. The second kappa shape index (κ2) is 5.34. The lowest BCUT2D eigenvalue weighted by molar-refractivity contribution is -0.138. The van der Waals surface area contributed by atoms with E-state index in [2.05, 4.69) is 4.98 Å². The van der Waals surface area contributed by atoms with Crippen molar-refractivity contribution < 1.29 is 9.90 Å². The average Bonchev–Trinajstić information content (AvgIpc) is 2.77. The van der Waals surface area contributed by atoms with Crippen molar-refractivity contribution in [2.45, 2.75) is 51.5 Å². The molecular formula is C13H20N2O2. The molecule has 1 heterocycles. The monoisotopic (exact) mass is 236 g/mol. The fraction of sp³-hybridized carbons (Fsp3) is 0.692. The Balaban J connectivity index is 2.05. The van der Waals surface area contributed by atoms with Gasteiger partial charge in [-0.15, -0.1) is 0 Å². The lowest BCUT2D eigenvalue weighted by Gasteiger charge is -2.23. The average molecular weight is 236 g/mol. The van der Waals surface area contributed by atoms with E-state index >= 15 is 0 Å². The van der Waals surface area contributed by atoms with E-state index in [-0.39, 0.29) is 0 Å². The zero-order valence-corrected chi connectivity index (χ0v) is 10.3. The summed E-state index contributed by atoms with van der Waals surface area (Å²) in [5.41, 5.74) is 0. The van der Waals surface area contributed by atoms with Crippen molar-refractivity contribution in [3.05, 3.63) is 18.2 Å². The summed E-state index contributed by atoms with van der Waals surface area (Å²) in [4.78, 5) is 15.2. The van der Waals surface area contributed by atoms with E-state index in [0.717, 1.165) is 6.54 Å². The van der Waals surface area contributed by atoms with Crippen LogP contribution >= 0.6 is 0 Å². The highest BCUT2D eigenvalue weighted by molar-refractivity contribution is 5.74. The highest BCUT2D eigenvalue weighted by Crippen LogP contribution is 2.26. The van der Waals surface area contributed by atoms with Crippen molar-refractivity contribution in [2.24, 2.45) is 5.92 Å². The molecule has 4 nitrogen and oxygen atoms in total. The van der Waals surface area contributed by atoms with Crippen LogP contribution in [0.5, 0.6) is 0 Å². The lowest BCUT2D eigenvalue weighted by Crippen LogP contribution is -2.19. The first-order chi connectivity index (χ1) is 8.18. The maximum atomic E-state index is 11.0. The van der Waals surface area contributed by atoms with Gasteiger partial charge in [-0.25, -0.2) is 4.98 Å². The Morgan fingerprint density at radius 2 is 2.24 bits per heavy atom.